The number of nitrogens with one attached hydrogen (secondary N) is 1. The zero-order valence-corrected chi connectivity index (χ0v) is 16.7. The molecule has 1 fully saturated rings. The van der Waals surface area contributed by atoms with Crippen molar-refractivity contribution in [1.82, 2.24) is 10.1 Å². The molecular formula is C23H25N3O3. The first-order chi connectivity index (χ1) is 14.1. The molecule has 0 radical (unpaired) electrons. The van der Waals surface area contributed by atoms with E-state index in [1.165, 1.54) is 5.56 Å². The Labute approximate surface area is 170 Å². The van der Waals surface area contributed by atoms with Crippen molar-refractivity contribution in [2.75, 3.05) is 5.32 Å². The van der Waals surface area contributed by atoms with E-state index in [1.807, 2.05) is 36.4 Å². The van der Waals surface area contributed by atoms with Crippen LogP contribution < -0.4 is 5.32 Å². The first kappa shape index (κ1) is 19.2. The topological polar surface area (TPSA) is 77.3 Å². The minimum atomic E-state index is 0.0430. The highest BCUT2D eigenvalue weighted by Gasteiger charge is 2.30. The van der Waals surface area contributed by atoms with Gasteiger partial charge < -0.3 is 14.6 Å². The summed E-state index contributed by atoms with van der Waals surface area (Å²) in [5.74, 6) is 1.72. The number of anilines is 1. The molecule has 1 heterocycles. The van der Waals surface area contributed by atoms with E-state index in [0.29, 0.717) is 30.1 Å². The van der Waals surface area contributed by atoms with E-state index in [-0.39, 0.29) is 6.10 Å². The highest BCUT2D eigenvalue weighted by molar-refractivity contribution is 5.62. The fourth-order valence-corrected chi connectivity index (χ4v) is 3.54. The zero-order valence-electron chi connectivity index (χ0n) is 16.7. The van der Waals surface area contributed by atoms with Gasteiger partial charge in [-0.15, -0.1) is 0 Å². The number of ether oxygens (including phenoxy) is 1. The van der Waals surface area contributed by atoms with Crippen LogP contribution in [0.3, 0.4) is 0 Å². The van der Waals surface area contributed by atoms with Gasteiger partial charge in [-0.05, 0) is 54.3 Å². The maximum Gasteiger partial charge on any atom is 0.293 e. The molecule has 1 saturated carbocycles. The van der Waals surface area contributed by atoms with E-state index in [0.717, 1.165) is 36.1 Å². The number of aromatic nitrogens is 2. The van der Waals surface area contributed by atoms with Crippen molar-refractivity contribution in [2.45, 2.75) is 45.3 Å². The summed E-state index contributed by atoms with van der Waals surface area (Å²) in [5, 5.41) is 7.56. The summed E-state index contributed by atoms with van der Waals surface area (Å²) in [7, 11) is 0. The third kappa shape index (κ3) is 4.65. The van der Waals surface area contributed by atoms with Crippen LogP contribution in [0.5, 0.6) is 0 Å². The third-order valence-corrected chi connectivity index (χ3v) is 5.13. The molecule has 0 saturated heterocycles. The molecule has 1 aliphatic rings. The number of carbonyl (C=O) groups is 1. The molecular weight excluding hydrogens is 366 g/mol. The molecule has 1 N–H and O–H groups in total. The summed E-state index contributed by atoms with van der Waals surface area (Å²) in [6, 6.07) is 16.6. The highest BCUT2D eigenvalue weighted by atomic mass is 16.5. The Balaban J connectivity index is 1.38. The molecule has 2 aromatic carbocycles. The van der Waals surface area contributed by atoms with Crippen molar-refractivity contribution in [3.63, 3.8) is 0 Å². The van der Waals surface area contributed by atoms with Crippen LogP contribution in [0.25, 0.3) is 22.8 Å². The van der Waals surface area contributed by atoms with E-state index in [2.05, 4.69) is 41.4 Å². The van der Waals surface area contributed by atoms with Crippen molar-refractivity contribution in [3.05, 3.63) is 54.1 Å². The molecule has 0 bridgehead atoms. The number of rotatable bonds is 8. The van der Waals surface area contributed by atoms with Crippen molar-refractivity contribution in [2.24, 2.45) is 5.92 Å². The molecule has 29 heavy (non-hydrogen) atoms. The van der Waals surface area contributed by atoms with Crippen LogP contribution in [0.15, 0.2) is 53.1 Å². The van der Waals surface area contributed by atoms with Gasteiger partial charge in [0, 0.05) is 35.7 Å². The van der Waals surface area contributed by atoms with Crippen LogP contribution in [0.2, 0.25) is 0 Å². The minimum absolute atomic E-state index is 0.0430. The van der Waals surface area contributed by atoms with E-state index in [9.17, 15) is 4.79 Å². The van der Waals surface area contributed by atoms with Crippen LogP contribution in [-0.2, 0) is 16.0 Å². The number of hydrogen-bond donors (Lipinski definition) is 1. The second-order valence-corrected chi connectivity index (χ2v) is 7.96. The predicted molar refractivity (Wildman–Crippen MR) is 111 cm³/mol. The number of hydrogen-bond acceptors (Lipinski definition) is 6. The first-order valence-corrected chi connectivity index (χ1v) is 10.00. The third-order valence-electron chi connectivity index (χ3n) is 5.13. The lowest BCUT2D eigenvalue weighted by atomic mass is 9.89. The second-order valence-electron chi connectivity index (χ2n) is 7.96. The molecule has 0 spiro atoms. The number of nitrogens with zero attached hydrogens (tertiary/aromatic N) is 2. The molecule has 0 amide bonds. The van der Waals surface area contributed by atoms with Gasteiger partial charge >= 0.3 is 0 Å². The van der Waals surface area contributed by atoms with Crippen LogP contribution in [0.1, 0.15) is 32.3 Å². The van der Waals surface area contributed by atoms with E-state index >= 15 is 0 Å². The van der Waals surface area contributed by atoms with Gasteiger partial charge in [-0.3, -0.25) is 4.79 Å². The average Bonchev–Trinajstić information content (AvgIpc) is 3.17. The van der Waals surface area contributed by atoms with Gasteiger partial charge in [-0.25, -0.2) is 0 Å². The maximum absolute atomic E-state index is 10.3. The quantitative estimate of drug-likeness (QED) is 0.560. The summed E-state index contributed by atoms with van der Waals surface area (Å²) in [5.41, 5.74) is 4.15. The van der Waals surface area contributed by atoms with Crippen molar-refractivity contribution in [1.29, 1.82) is 0 Å². The molecule has 4 rings (SSSR count). The lowest BCUT2D eigenvalue weighted by Crippen LogP contribution is -2.40. The Bertz CT molecular complexity index is 942. The van der Waals surface area contributed by atoms with Gasteiger partial charge in [-0.2, -0.15) is 4.98 Å². The predicted octanol–water partition coefficient (Wildman–Crippen LogP) is 4.72. The average molecular weight is 391 g/mol. The Morgan fingerprint density at radius 2 is 1.79 bits per heavy atom. The van der Waals surface area contributed by atoms with Crippen LogP contribution in [0, 0.1) is 5.92 Å². The van der Waals surface area contributed by atoms with Crippen molar-refractivity contribution >= 4 is 12.2 Å². The number of benzene rings is 2. The molecule has 0 aliphatic heterocycles. The Morgan fingerprint density at radius 1 is 1.10 bits per heavy atom. The van der Waals surface area contributed by atoms with E-state index < -0.39 is 0 Å². The van der Waals surface area contributed by atoms with Crippen LogP contribution in [-0.4, -0.2) is 28.8 Å². The summed E-state index contributed by atoms with van der Waals surface area (Å²) < 4.78 is 10.4. The van der Waals surface area contributed by atoms with Gasteiger partial charge in [0.15, 0.2) is 0 Å². The molecule has 6 nitrogen and oxygen atoms in total. The molecule has 1 aromatic heterocycles. The Morgan fingerprint density at radius 3 is 2.45 bits per heavy atom. The van der Waals surface area contributed by atoms with Gasteiger partial charge in [0.05, 0.1) is 0 Å². The molecule has 0 unspecified atom stereocenters. The van der Waals surface area contributed by atoms with Crippen LogP contribution in [0.4, 0.5) is 5.69 Å². The van der Waals surface area contributed by atoms with Gasteiger partial charge in [0.25, 0.3) is 12.4 Å². The largest absolute Gasteiger partial charge is 0.464 e. The van der Waals surface area contributed by atoms with Gasteiger partial charge in [0.1, 0.15) is 6.10 Å². The summed E-state index contributed by atoms with van der Waals surface area (Å²) in [6.07, 6.45) is 2.78. The monoisotopic (exact) mass is 391 g/mol. The molecule has 150 valence electrons. The lowest BCUT2D eigenvalue weighted by Gasteiger charge is -2.34. The van der Waals surface area contributed by atoms with Gasteiger partial charge in [0.2, 0.25) is 5.82 Å². The molecule has 3 aromatic rings. The van der Waals surface area contributed by atoms with E-state index in [4.69, 9.17) is 9.26 Å². The molecule has 6 heteroatoms. The summed E-state index contributed by atoms with van der Waals surface area (Å²) >= 11 is 0. The zero-order chi connectivity index (χ0) is 20.2. The highest BCUT2D eigenvalue weighted by Crippen LogP contribution is 2.28. The minimum Gasteiger partial charge on any atom is -0.464 e. The summed E-state index contributed by atoms with van der Waals surface area (Å²) in [4.78, 5) is 14.9. The standard InChI is InChI=1S/C23H25N3O3/c1-15(2)11-16-3-5-18(6-4-16)23-25-22(26-29-23)17-7-9-19(10-8-17)24-20-12-21(13-20)28-14-27/h3-10,14-15,20-21,24H,11-13H2,1-2H3. The fourth-order valence-electron chi connectivity index (χ4n) is 3.54. The maximum atomic E-state index is 10.3. The second kappa shape index (κ2) is 8.47. The summed E-state index contributed by atoms with van der Waals surface area (Å²) in [6.45, 7) is 4.95. The fraction of sp³-hybridized carbons (Fsp3) is 0.348. The first-order valence-electron chi connectivity index (χ1n) is 10.00. The van der Waals surface area contributed by atoms with Crippen LogP contribution >= 0.6 is 0 Å². The van der Waals surface area contributed by atoms with Crippen molar-refractivity contribution < 1.29 is 14.1 Å². The SMILES string of the molecule is CC(C)Cc1ccc(-c2nc(-c3ccc(NC4CC(OC=O)C4)cc3)no2)cc1. The molecule has 1 aliphatic carbocycles. The normalized spacial score (nSPS) is 18.3. The Kier molecular flexibility index (Phi) is 5.60. The smallest absolute Gasteiger partial charge is 0.293 e. The van der Waals surface area contributed by atoms with Gasteiger partial charge in [-0.1, -0.05) is 31.1 Å². The van der Waals surface area contributed by atoms with E-state index in [1.54, 1.807) is 0 Å². The Hall–Kier alpha value is -3.15. The molecule has 0 atom stereocenters. The van der Waals surface area contributed by atoms with Crippen molar-refractivity contribution in [3.8, 4) is 22.8 Å². The lowest BCUT2D eigenvalue weighted by molar-refractivity contribution is -0.137. The number of carbonyl (C=O) groups excluding carboxylic acids is 1.